The van der Waals surface area contributed by atoms with E-state index in [1.54, 1.807) is 33.9 Å². The molecule has 0 saturated carbocycles. The molecule has 1 rings (SSSR count). The quantitative estimate of drug-likeness (QED) is 0.261. The number of hydrogen-bond acceptors (Lipinski definition) is 4. The largest absolute Gasteiger partial charge is 0.504 e. The highest BCUT2D eigenvalue weighted by Gasteiger charge is 2.15. The van der Waals surface area contributed by atoms with Gasteiger partial charge in [0.15, 0.2) is 4.90 Å². The van der Waals surface area contributed by atoms with Crippen LogP contribution >= 0.6 is 0 Å². The van der Waals surface area contributed by atoms with Crippen LogP contribution in [0.3, 0.4) is 0 Å². The van der Waals surface area contributed by atoms with E-state index in [4.69, 9.17) is 18.9 Å². The van der Waals surface area contributed by atoms with Crippen molar-refractivity contribution < 1.29 is 18.9 Å². The van der Waals surface area contributed by atoms with Crippen LogP contribution in [0.2, 0.25) is 0 Å². The van der Waals surface area contributed by atoms with Crippen molar-refractivity contribution in [3.8, 4) is 5.75 Å². The summed E-state index contributed by atoms with van der Waals surface area (Å²) in [5.74, 6) is 0.839. The summed E-state index contributed by atoms with van der Waals surface area (Å²) in [6, 6.07) is 8.09. The maximum absolute atomic E-state index is 5.59. The molecule has 0 aliphatic rings. The Bertz CT molecular complexity index is 523. The first-order valence-electron chi connectivity index (χ1n) is 7.47. The lowest BCUT2D eigenvalue weighted by molar-refractivity contribution is 0.146. The van der Waals surface area contributed by atoms with Gasteiger partial charge < -0.3 is 18.9 Å². The molecule has 0 unspecified atom stereocenters. The van der Waals surface area contributed by atoms with Crippen molar-refractivity contribution in [2.24, 2.45) is 0 Å². The zero-order valence-corrected chi connectivity index (χ0v) is 15.2. The number of ether oxygens (including phenoxy) is 4. The van der Waals surface area contributed by atoms with E-state index in [0.29, 0.717) is 13.2 Å². The lowest BCUT2D eigenvalue weighted by Crippen LogP contribution is -2.04. The van der Waals surface area contributed by atoms with Crippen molar-refractivity contribution in [1.82, 2.24) is 0 Å². The highest BCUT2D eigenvalue weighted by molar-refractivity contribution is 8.02. The molecular formula is C19H25O4S+. The molecule has 5 heteroatoms. The molecule has 0 bridgehead atoms. The monoisotopic (exact) mass is 349 g/mol. The Morgan fingerprint density at radius 2 is 1.38 bits per heavy atom. The highest BCUT2D eigenvalue weighted by Crippen LogP contribution is 2.21. The van der Waals surface area contributed by atoms with Crippen LogP contribution in [0, 0.1) is 0 Å². The predicted octanol–water partition coefficient (Wildman–Crippen LogP) is 4.04. The summed E-state index contributed by atoms with van der Waals surface area (Å²) in [5.41, 5.74) is 0. The zero-order valence-electron chi connectivity index (χ0n) is 14.4. The fourth-order valence-electron chi connectivity index (χ4n) is 1.65. The molecule has 0 heterocycles. The molecule has 1 aromatic rings. The average molecular weight is 349 g/mol. The first kappa shape index (κ1) is 19.9. The topological polar surface area (TPSA) is 36.9 Å². The minimum atomic E-state index is -0.165. The van der Waals surface area contributed by atoms with Crippen LogP contribution in [0.4, 0.5) is 0 Å². The molecule has 0 aliphatic heterocycles. The van der Waals surface area contributed by atoms with E-state index >= 15 is 0 Å². The summed E-state index contributed by atoms with van der Waals surface area (Å²) >= 11 is 0. The standard InChI is InChI=1S/C19H25O4S/c1-20-12-4-6-16-24(17-7-5-13-21-2)19-10-8-18(9-11-19)23-15-14-22-3/h4-13,16-17H,14-15H2,1-3H3/q+1/b12-4+,13-5+,16-6+,17-7+. The second-order valence-electron chi connectivity index (χ2n) is 4.47. The second kappa shape index (κ2) is 13.3. The van der Waals surface area contributed by atoms with Crippen molar-refractivity contribution in [2.75, 3.05) is 34.5 Å². The molecule has 130 valence electrons. The summed E-state index contributed by atoms with van der Waals surface area (Å²) in [7, 11) is 4.75. The molecule has 0 radical (unpaired) electrons. The van der Waals surface area contributed by atoms with Crippen LogP contribution < -0.4 is 4.74 Å². The first-order valence-corrected chi connectivity index (χ1v) is 8.83. The summed E-state index contributed by atoms with van der Waals surface area (Å²) in [6.07, 6.45) is 10.9. The second-order valence-corrected chi connectivity index (χ2v) is 6.23. The molecule has 0 spiro atoms. The molecule has 0 saturated heterocycles. The van der Waals surface area contributed by atoms with Gasteiger partial charge in [-0.3, -0.25) is 0 Å². The van der Waals surface area contributed by atoms with Gasteiger partial charge in [-0.05, 0) is 48.6 Å². The van der Waals surface area contributed by atoms with Crippen molar-refractivity contribution in [1.29, 1.82) is 0 Å². The molecule has 0 atom stereocenters. The Morgan fingerprint density at radius 1 is 0.792 bits per heavy atom. The molecule has 0 N–H and O–H groups in total. The summed E-state index contributed by atoms with van der Waals surface area (Å²) in [6.45, 7) is 1.13. The average Bonchev–Trinajstić information content (AvgIpc) is 2.61. The third kappa shape index (κ3) is 8.50. The van der Waals surface area contributed by atoms with Gasteiger partial charge in [0.1, 0.15) is 23.2 Å². The van der Waals surface area contributed by atoms with Crippen LogP contribution in [-0.4, -0.2) is 34.5 Å². The molecule has 24 heavy (non-hydrogen) atoms. The fraction of sp³-hybridized carbons (Fsp3) is 0.263. The third-order valence-corrected chi connectivity index (χ3v) is 4.47. The maximum Gasteiger partial charge on any atom is 0.165 e. The van der Waals surface area contributed by atoms with E-state index in [0.717, 1.165) is 5.75 Å². The Labute approximate surface area is 147 Å². The van der Waals surface area contributed by atoms with Crippen LogP contribution in [0.25, 0.3) is 0 Å². The van der Waals surface area contributed by atoms with E-state index in [1.165, 1.54) is 4.90 Å². The van der Waals surface area contributed by atoms with Gasteiger partial charge in [-0.2, -0.15) is 0 Å². The number of allylic oxidation sites excluding steroid dienone is 4. The smallest absolute Gasteiger partial charge is 0.165 e. The molecule has 0 fully saturated rings. The molecule has 0 aromatic heterocycles. The predicted molar refractivity (Wildman–Crippen MR) is 100 cm³/mol. The van der Waals surface area contributed by atoms with Crippen molar-refractivity contribution >= 4 is 10.9 Å². The Balaban J connectivity index is 2.80. The SMILES string of the molecule is CO/C=C/C=C/[S+](/C=C/C=C/OC)c1ccc(OCCOC)cc1. The van der Waals surface area contributed by atoms with E-state index in [2.05, 4.69) is 22.9 Å². The fourth-order valence-corrected chi connectivity index (χ4v) is 3.02. The maximum atomic E-state index is 5.59. The Hall–Kier alpha value is -2.11. The van der Waals surface area contributed by atoms with Gasteiger partial charge in [0, 0.05) is 7.11 Å². The van der Waals surface area contributed by atoms with E-state index in [1.807, 2.05) is 36.4 Å². The van der Waals surface area contributed by atoms with Crippen molar-refractivity contribution in [3.63, 3.8) is 0 Å². The van der Waals surface area contributed by atoms with Crippen molar-refractivity contribution in [2.45, 2.75) is 4.90 Å². The van der Waals surface area contributed by atoms with Crippen LogP contribution in [0.5, 0.6) is 5.75 Å². The lowest BCUT2D eigenvalue weighted by atomic mass is 10.3. The molecule has 1 aromatic carbocycles. The van der Waals surface area contributed by atoms with E-state index < -0.39 is 0 Å². The van der Waals surface area contributed by atoms with Gasteiger partial charge in [0.05, 0.1) is 44.2 Å². The summed E-state index contributed by atoms with van der Waals surface area (Å²) in [5, 5.41) is 4.24. The van der Waals surface area contributed by atoms with Crippen LogP contribution in [0.1, 0.15) is 0 Å². The number of methoxy groups -OCH3 is 3. The zero-order chi connectivity index (χ0) is 17.5. The van der Waals surface area contributed by atoms with Gasteiger partial charge >= 0.3 is 0 Å². The first-order chi connectivity index (χ1) is 11.8. The summed E-state index contributed by atoms with van der Waals surface area (Å²) in [4.78, 5) is 1.19. The van der Waals surface area contributed by atoms with Crippen LogP contribution in [-0.2, 0) is 25.1 Å². The minimum absolute atomic E-state index is 0.165. The lowest BCUT2D eigenvalue weighted by Gasteiger charge is -2.05. The molecular weight excluding hydrogens is 324 g/mol. The minimum Gasteiger partial charge on any atom is -0.504 e. The van der Waals surface area contributed by atoms with Gasteiger partial charge in [-0.1, -0.05) is 0 Å². The highest BCUT2D eigenvalue weighted by atomic mass is 32.2. The van der Waals surface area contributed by atoms with E-state index in [-0.39, 0.29) is 10.9 Å². The van der Waals surface area contributed by atoms with E-state index in [9.17, 15) is 0 Å². The van der Waals surface area contributed by atoms with Gasteiger partial charge in [0.25, 0.3) is 0 Å². The van der Waals surface area contributed by atoms with Gasteiger partial charge in [-0.25, -0.2) is 0 Å². The van der Waals surface area contributed by atoms with Crippen LogP contribution in [0.15, 0.2) is 76.8 Å². The van der Waals surface area contributed by atoms with Crippen molar-refractivity contribution in [3.05, 3.63) is 71.9 Å². The molecule has 0 aliphatic carbocycles. The van der Waals surface area contributed by atoms with Gasteiger partial charge in [0.2, 0.25) is 0 Å². The van der Waals surface area contributed by atoms with Gasteiger partial charge in [-0.15, -0.1) is 0 Å². The third-order valence-electron chi connectivity index (χ3n) is 2.75. The number of rotatable bonds is 11. The molecule has 0 amide bonds. The number of benzene rings is 1. The Kier molecular flexibility index (Phi) is 11.1. The number of hydrogen-bond donors (Lipinski definition) is 0. The molecule has 4 nitrogen and oxygen atoms in total. The normalized spacial score (nSPS) is 12.2. The Morgan fingerprint density at radius 3 is 1.88 bits per heavy atom. The summed E-state index contributed by atoms with van der Waals surface area (Å²) < 4.78 is 20.4.